The second-order valence-electron chi connectivity index (χ2n) is 6.76. The third-order valence-electron chi connectivity index (χ3n) is 4.99. The molecule has 0 spiro atoms. The van der Waals surface area contributed by atoms with Gasteiger partial charge in [-0.2, -0.15) is 0 Å². The number of amides is 2. The van der Waals surface area contributed by atoms with E-state index in [-0.39, 0.29) is 11.1 Å². The minimum atomic E-state index is -1.30. The third-order valence-corrected chi connectivity index (χ3v) is 5.62. The molecule has 156 valence electrons. The molecule has 3 aromatic carbocycles. The largest absolute Gasteiger partial charge is 0.467 e. The highest BCUT2D eigenvalue weighted by Gasteiger charge is 2.44. The molecule has 8 heteroatoms. The normalized spacial score (nSPS) is 13.7. The SMILES string of the molecule is COC(=O)C(c1ccccc1Nc1c(Cl)cccc1Cl)N1C(=O)c2ccccc2C1=O. The molecule has 1 heterocycles. The Balaban J connectivity index is 1.82. The van der Waals surface area contributed by atoms with Gasteiger partial charge >= 0.3 is 5.97 Å². The van der Waals surface area contributed by atoms with Gasteiger partial charge in [0.05, 0.1) is 34.0 Å². The van der Waals surface area contributed by atoms with Crippen molar-refractivity contribution in [2.45, 2.75) is 6.04 Å². The molecule has 0 saturated carbocycles. The highest BCUT2D eigenvalue weighted by atomic mass is 35.5. The minimum absolute atomic E-state index is 0.237. The van der Waals surface area contributed by atoms with Crippen molar-refractivity contribution in [2.75, 3.05) is 12.4 Å². The minimum Gasteiger partial charge on any atom is -0.467 e. The van der Waals surface area contributed by atoms with Crippen LogP contribution in [0, 0.1) is 0 Å². The van der Waals surface area contributed by atoms with Crippen LogP contribution in [0.15, 0.2) is 66.7 Å². The van der Waals surface area contributed by atoms with Gasteiger partial charge in [0, 0.05) is 11.3 Å². The Hall–Kier alpha value is -3.35. The number of methoxy groups -OCH3 is 1. The summed E-state index contributed by atoms with van der Waals surface area (Å²) < 4.78 is 4.96. The molecular weight excluding hydrogens is 439 g/mol. The first-order chi connectivity index (χ1) is 14.9. The number of carbonyl (C=O) groups is 3. The van der Waals surface area contributed by atoms with Gasteiger partial charge in [-0.25, -0.2) is 4.79 Å². The van der Waals surface area contributed by atoms with E-state index in [0.29, 0.717) is 27.0 Å². The molecule has 0 bridgehead atoms. The van der Waals surface area contributed by atoms with Crippen molar-refractivity contribution in [3.05, 3.63) is 93.5 Å². The molecule has 0 saturated heterocycles. The molecule has 1 unspecified atom stereocenters. The standard InChI is InChI=1S/C23H16Cl2N2O4/c1-31-23(30)20(27-21(28)13-7-2-3-8-14(13)22(27)29)15-9-4-5-12-18(15)26-19-16(24)10-6-11-17(19)25/h2-12,20,26H,1H3. The lowest BCUT2D eigenvalue weighted by Gasteiger charge is -2.26. The van der Waals surface area contributed by atoms with E-state index in [4.69, 9.17) is 27.9 Å². The quantitative estimate of drug-likeness (QED) is 0.420. The van der Waals surface area contributed by atoms with Crippen molar-refractivity contribution in [2.24, 2.45) is 0 Å². The summed E-state index contributed by atoms with van der Waals surface area (Å²) in [5, 5.41) is 3.87. The first kappa shape index (κ1) is 20.9. The first-order valence-corrected chi connectivity index (χ1v) is 10.0. The summed E-state index contributed by atoms with van der Waals surface area (Å²) in [7, 11) is 1.20. The van der Waals surface area contributed by atoms with Crippen molar-refractivity contribution in [1.82, 2.24) is 4.90 Å². The highest BCUT2D eigenvalue weighted by molar-refractivity contribution is 6.39. The van der Waals surface area contributed by atoms with Crippen LogP contribution in [0.4, 0.5) is 11.4 Å². The molecule has 2 amide bonds. The Labute approximate surface area is 188 Å². The van der Waals surface area contributed by atoms with E-state index in [2.05, 4.69) is 5.32 Å². The molecule has 0 aliphatic carbocycles. The number of hydrogen-bond donors (Lipinski definition) is 1. The van der Waals surface area contributed by atoms with Crippen LogP contribution >= 0.6 is 23.2 Å². The summed E-state index contributed by atoms with van der Waals surface area (Å²) in [6.45, 7) is 0. The number of imide groups is 1. The van der Waals surface area contributed by atoms with Crippen LogP contribution in [0.1, 0.15) is 32.3 Å². The molecule has 1 aliphatic rings. The highest BCUT2D eigenvalue weighted by Crippen LogP contribution is 2.38. The Morgan fingerprint density at radius 2 is 1.42 bits per heavy atom. The van der Waals surface area contributed by atoms with E-state index >= 15 is 0 Å². The summed E-state index contributed by atoms with van der Waals surface area (Å²) in [6.07, 6.45) is 0. The number of benzene rings is 3. The Kier molecular flexibility index (Phi) is 5.67. The molecule has 3 aromatic rings. The Morgan fingerprint density at radius 1 is 0.871 bits per heavy atom. The van der Waals surface area contributed by atoms with Gasteiger partial charge < -0.3 is 10.1 Å². The van der Waals surface area contributed by atoms with Crippen LogP contribution < -0.4 is 5.32 Å². The van der Waals surface area contributed by atoms with Crippen molar-refractivity contribution < 1.29 is 19.1 Å². The predicted molar refractivity (Wildman–Crippen MR) is 118 cm³/mol. The molecule has 0 radical (unpaired) electrons. The lowest BCUT2D eigenvalue weighted by molar-refractivity contribution is -0.145. The van der Waals surface area contributed by atoms with Crippen LogP contribution in [0.3, 0.4) is 0 Å². The third kappa shape index (κ3) is 3.65. The summed E-state index contributed by atoms with van der Waals surface area (Å²) in [6, 6.07) is 16.9. The van der Waals surface area contributed by atoms with E-state index in [9.17, 15) is 14.4 Å². The number of anilines is 2. The van der Waals surface area contributed by atoms with Gasteiger partial charge in [0.2, 0.25) is 0 Å². The van der Waals surface area contributed by atoms with Crippen LogP contribution in [0.5, 0.6) is 0 Å². The second kappa shape index (κ2) is 8.41. The molecule has 0 aromatic heterocycles. The van der Waals surface area contributed by atoms with Crippen LogP contribution in [-0.2, 0) is 9.53 Å². The maximum Gasteiger partial charge on any atom is 0.333 e. The van der Waals surface area contributed by atoms with E-state index in [1.54, 1.807) is 66.7 Å². The van der Waals surface area contributed by atoms with Crippen LogP contribution in [0.2, 0.25) is 10.0 Å². The maximum absolute atomic E-state index is 13.1. The maximum atomic E-state index is 13.1. The van der Waals surface area contributed by atoms with Gasteiger partial charge in [-0.1, -0.05) is 59.6 Å². The molecular formula is C23H16Cl2N2O4. The topological polar surface area (TPSA) is 75.7 Å². The average molecular weight is 455 g/mol. The van der Waals surface area contributed by atoms with E-state index in [1.165, 1.54) is 7.11 Å². The molecule has 4 rings (SSSR count). The fourth-order valence-corrected chi connectivity index (χ4v) is 4.02. The van der Waals surface area contributed by atoms with Crippen molar-refractivity contribution >= 4 is 52.4 Å². The first-order valence-electron chi connectivity index (χ1n) is 9.28. The number of halogens is 2. The number of nitrogens with one attached hydrogen (secondary N) is 1. The molecule has 0 fully saturated rings. The number of rotatable bonds is 5. The zero-order chi connectivity index (χ0) is 22.1. The molecule has 6 nitrogen and oxygen atoms in total. The number of esters is 1. The van der Waals surface area contributed by atoms with E-state index < -0.39 is 23.8 Å². The zero-order valence-corrected chi connectivity index (χ0v) is 17.8. The van der Waals surface area contributed by atoms with Crippen molar-refractivity contribution in [3.8, 4) is 0 Å². The van der Waals surface area contributed by atoms with Gasteiger partial charge in [0.25, 0.3) is 11.8 Å². The fourth-order valence-electron chi connectivity index (χ4n) is 3.53. The average Bonchev–Trinajstić information content (AvgIpc) is 3.03. The Bertz CT molecular complexity index is 1160. The smallest absolute Gasteiger partial charge is 0.333 e. The van der Waals surface area contributed by atoms with E-state index in [0.717, 1.165) is 4.90 Å². The number of hydrogen-bond acceptors (Lipinski definition) is 5. The Morgan fingerprint density at radius 3 is 2.00 bits per heavy atom. The predicted octanol–water partition coefficient (Wildman–Crippen LogP) is 5.25. The van der Waals surface area contributed by atoms with Gasteiger partial charge in [-0.15, -0.1) is 0 Å². The zero-order valence-electron chi connectivity index (χ0n) is 16.3. The second-order valence-corrected chi connectivity index (χ2v) is 7.57. The fraction of sp³-hybridized carbons (Fsp3) is 0.0870. The molecule has 1 N–H and O–H groups in total. The summed E-state index contributed by atoms with van der Waals surface area (Å²) in [5.41, 5.74) is 1.72. The number of para-hydroxylation sites is 2. The number of ether oxygens (including phenoxy) is 1. The summed E-state index contributed by atoms with van der Waals surface area (Å²) in [4.78, 5) is 39.9. The van der Waals surface area contributed by atoms with Gasteiger partial charge in [0.15, 0.2) is 6.04 Å². The monoisotopic (exact) mass is 454 g/mol. The van der Waals surface area contributed by atoms with Crippen LogP contribution in [-0.4, -0.2) is 29.8 Å². The van der Waals surface area contributed by atoms with Crippen molar-refractivity contribution in [1.29, 1.82) is 0 Å². The molecule has 31 heavy (non-hydrogen) atoms. The van der Waals surface area contributed by atoms with Crippen molar-refractivity contribution in [3.63, 3.8) is 0 Å². The molecule has 1 atom stereocenters. The van der Waals surface area contributed by atoms with Crippen LogP contribution in [0.25, 0.3) is 0 Å². The summed E-state index contributed by atoms with van der Waals surface area (Å²) >= 11 is 12.6. The molecule has 1 aliphatic heterocycles. The van der Waals surface area contributed by atoms with E-state index in [1.807, 2.05) is 0 Å². The number of carbonyl (C=O) groups excluding carboxylic acids is 3. The van der Waals surface area contributed by atoms with Gasteiger partial charge in [-0.05, 0) is 30.3 Å². The van der Waals surface area contributed by atoms with Gasteiger partial charge in [0.1, 0.15) is 0 Å². The lowest BCUT2D eigenvalue weighted by atomic mass is 10.0. The number of nitrogens with zero attached hydrogens (tertiary/aromatic N) is 1. The summed E-state index contributed by atoms with van der Waals surface area (Å²) in [5.74, 6) is -1.89. The lowest BCUT2D eigenvalue weighted by Crippen LogP contribution is -2.39. The van der Waals surface area contributed by atoms with Gasteiger partial charge in [-0.3, -0.25) is 14.5 Å². The number of fused-ring (bicyclic) bond motifs is 1.